The molecule has 0 radical (unpaired) electrons. The average molecular weight is 531 g/mol. The standard InChI is InChI=1S/C25H21Cl2FN4O2S/c1-34-20-4-2-3-17(11-20)15-35-25-31-30-23(32(25)22-10-7-18(26)13-21(22)27)14-29-24(33)12-16-5-8-19(28)9-6-16/h2-11,13H,12,14-15H2,1H3,(H,29,33). The molecule has 180 valence electrons. The molecule has 0 bridgehead atoms. The Labute approximate surface area is 216 Å². The Morgan fingerprint density at radius 2 is 1.86 bits per heavy atom. The van der Waals surface area contributed by atoms with Gasteiger partial charge in [0.25, 0.3) is 0 Å². The zero-order chi connectivity index (χ0) is 24.8. The van der Waals surface area contributed by atoms with Gasteiger partial charge in [0.1, 0.15) is 11.6 Å². The summed E-state index contributed by atoms with van der Waals surface area (Å²) >= 11 is 14.1. The van der Waals surface area contributed by atoms with E-state index in [4.69, 9.17) is 27.9 Å². The Balaban J connectivity index is 1.54. The van der Waals surface area contributed by atoms with E-state index in [0.717, 1.165) is 11.3 Å². The van der Waals surface area contributed by atoms with Crippen LogP contribution in [0.4, 0.5) is 4.39 Å². The third kappa shape index (κ3) is 6.54. The molecule has 0 fully saturated rings. The van der Waals surface area contributed by atoms with Crippen molar-refractivity contribution in [2.24, 2.45) is 0 Å². The summed E-state index contributed by atoms with van der Waals surface area (Å²) in [5.41, 5.74) is 2.41. The van der Waals surface area contributed by atoms with E-state index in [9.17, 15) is 9.18 Å². The molecule has 1 aromatic heterocycles. The molecule has 6 nitrogen and oxygen atoms in total. The lowest BCUT2D eigenvalue weighted by Gasteiger charge is -2.13. The smallest absolute Gasteiger partial charge is 0.224 e. The number of aromatic nitrogens is 3. The van der Waals surface area contributed by atoms with E-state index in [-0.39, 0.29) is 24.7 Å². The second kappa shape index (κ2) is 11.6. The maximum atomic E-state index is 13.1. The van der Waals surface area contributed by atoms with Crippen LogP contribution in [0.15, 0.2) is 71.9 Å². The molecule has 0 saturated carbocycles. The van der Waals surface area contributed by atoms with Gasteiger partial charge in [0.2, 0.25) is 5.91 Å². The van der Waals surface area contributed by atoms with Gasteiger partial charge in [0, 0.05) is 10.8 Å². The van der Waals surface area contributed by atoms with E-state index in [1.54, 1.807) is 37.4 Å². The zero-order valence-electron chi connectivity index (χ0n) is 18.7. The van der Waals surface area contributed by atoms with Crippen LogP contribution < -0.4 is 10.1 Å². The minimum Gasteiger partial charge on any atom is -0.497 e. The number of thioether (sulfide) groups is 1. The number of ether oxygens (including phenoxy) is 1. The highest BCUT2D eigenvalue weighted by molar-refractivity contribution is 7.98. The Hall–Kier alpha value is -3.07. The first-order valence-corrected chi connectivity index (χ1v) is 12.3. The number of halogens is 3. The van der Waals surface area contributed by atoms with Crippen LogP contribution in [0.1, 0.15) is 17.0 Å². The third-order valence-corrected chi connectivity index (χ3v) is 6.61. The molecule has 0 aliphatic carbocycles. The Morgan fingerprint density at radius 1 is 1.06 bits per heavy atom. The molecule has 10 heteroatoms. The molecule has 4 aromatic rings. The molecule has 1 amide bonds. The molecule has 1 heterocycles. The number of carbonyl (C=O) groups excluding carboxylic acids is 1. The van der Waals surface area contributed by atoms with Crippen molar-refractivity contribution in [2.45, 2.75) is 23.9 Å². The molecule has 0 unspecified atom stereocenters. The van der Waals surface area contributed by atoms with Crippen LogP contribution in [0.3, 0.4) is 0 Å². The van der Waals surface area contributed by atoms with E-state index < -0.39 is 0 Å². The lowest BCUT2D eigenvalue weighted by Crippen LogP contribution is -2.26. The highest BCUT2D eigenvalue weighted by Gasteiger charge is 2.18. The summed E-state index contributed by atoms with van der Waals surface area (Å²) in [6.45, 7) is 0.131. The molecule has 35 heavy (non-hydrogen) atoms. The molecule has 0 atom stereocenters. The number of nitrogens with zero attached hydrogens (tertiary/aromatic N) is 3. The van der Waals surface area contributed by atoms with Crippen LogP contribution in [0, 0.1) is 5.82 Å². The van der Waals surface area contributed by atoms with Crippen LogP contribution >= 0.6 is 35.0 Å². The van der Waals surface area contributed by atoms with Gasteiger partial charge in [0.05, 0.1) is 30.8 Å². The van der Waals surface area contributed by atoms with E-state index in [2.05, 4.69) is 15.5 Å². The number of methoxy groups -OCH3 is 1. The van der Waals surface area contributed by atoms with Crippen molar-refractivity contribution < 1.29 is 13.9 Å². The van der Waals surface area contributed by atoms with Crippen molar-refractivity contribution >= 4 is 40.9 Å². The van der Waals surface area contributed by atoms with E-state index in [1.165, 1.54) is 23.9 Å². The minimum atomic E-state index is -0.346. The maximum Gasteiger partial charge on any atom is 0.224 e. The third-order valence-electron chi connectivity index (χ3n) is 5.07. The molecule has 0 spiro atoms. The fourth-order valence-electron chi connectivity index (χ4n) is 3.35. The molecule has 4 rings (SSSR count). The van der Waals surface area contributed by atoms with E-state index >= 15 is 0 Å². The van der Waals surface area contributed by atoms with Crippen LogP contribution in [-0.2, 0) is 23.5 Å². The SMILES string of the molecule is COc1cccc(CSc2nnc(CNC(=O)Cc3ccc(F)cc3)n2-c2ccc(Cl)cc2Cl)c1. The van der Waals surface area contributed by atoms with Crippen molar-refractivity contribution in [1.29, 1.82) is 0 Å². The van der Waals surface area contributed by atoms with Gasteiger partial charge in [-0.05, 0) is 53.6 Å². The lowest BCUT2D eigenvalue weighted by atomic mass is 10.1. The number of benzene rings is 3. The van der Waals surface area contributed by atoms with Gasteiger partial charge >= 0.3 is 0 Å². The van der Waals surface area contributed by atoms with Gasteiger partial charge < -0.3 is 10.1 Å². The highest BCUT2D eigenvalue weighted by Crippen LogP contribution is 2.31. The molecular formula is C25H21Cl2FN4O2S. The molecular weight excluding hydrogens is 510 g/mol. The second-order valence-electron chi connectivity index (χ2n) is 7.55. The van der Waals surface area contributed by atoms with Crippen molar-refractivity contribution in [1.82, 2.24) is 20.1 Å². The summed E-state index contributed by atoms with van der Waals surface area (Å²) in [7, 11) is 1.63. The van der Waals surface area contributed by atoms with Gasteiger partial charge in [0.15, 0.2) is 11.0 Å². The van der Waals surface area contributed by atoms with Crippen molar-refractivity contribution in [3.8, 4) is 11.4 Å². The van der Waals surface area contributed by atoms with Crippen molar-refractivity contribution in [3.63, 3.8) is 0 Å². The first-order valence-electron chi connectivity index (χ1n) is 10.6. The normalized spacial score (nSPS) is 10.9. The van der Waals surface area contributed by atoms with Crippen LogP contribution in [0.25, 0.3) is 5.69 Å². The Bertz CT molecular complexity index is 1330. The van der Waals surface area contributed by atoms with Gasteiger partial charge in [-0.25, -0.2) is 4.39 Å². The summed E-state index contributed by atoms with van der Waals surface area (Å²) in [6, 6.07) is 18.8. The maximum absolute atomic E-state index is 13.1. The van der Waals surface area contributed by atoms with Crippen LogP contribution in [0.2, 0.25) is 10.0 Å². The molecule has 0 aliphatic rings. The number of carbonyl (C=O) groups is 1. The number of hydrogen-bond donors (Lipinski definition) is 1. The Kier molecular flexibility index (Phi) is 8.28. The number of amides is 1. The second-order valence-corrected chi connectivity index (χ2v) is 9.34. The fraction of sp³-hybridized carbons (Fsp3) is 0.160. The van der Waals surface area contributed by atoms with Crippen LogP contribution in [-0.4, -0.2) is 27.8 Å². The topological polar surface area (TPSA) is 69.0 Å². The van der Waals surface area contributed by atoms with Crippen molar-refractivity contribution in [3.05, 3.63) is 99.5 Å². The van der Waals surface area contributed by atoms with Crippen molar-refractivity contribution in [2.75, 3.05) is 7.11 Å². The highest BCUT2D eigenvalue weighted by atomic mass is 35.5. The van der Waals surface area contributed by atoms with Gasteiger partial charge in [-0.2, -0.15) is 0 Å². The molecule has 1 N–H and O–H groups in total. The first-order chi connectivity index (χ1) is 16.9. The minimum absolute atomic E-state index is 0.119. The molecule has 3 aromatic carbocycles. The number of nitrogens with one attached hydrogen (secondary N) is 1. The lowest BCUT2D eigenvalue weighted by molar-refractivity contribution is -0.120. The molecule has 0 saturated heterocycles. The quantitative estimate of drug-likeness (QED) is 0.274. The van der Waals surface area contributed by atoms with Gasteiger partial charge in [-0.3, -0.25) is 9.36 Å². The summed E-state index contributed by atoms with van der Waals surface area (Å²) in [5, 5.41) is 13.1. The number of rotatable bonds is 9. The zero-order valence-corrected chi connectivity index (χ0v) is 21.0. The first kappa shape index (κ1) is 25.0. The molecule has 0 aliphatic heterocycles. The summed E-state index contributed by atoms with van der Waals surface area (Å²) in [5.74, 6) is 1.34. The predicted octanol–water partition coefficient (Wildman–Crippen LogP) is 5.87. The summed E-state index contributed by atoms with van der Waals surface area (Å²) in [6.07, 6.45) is 0.119. The average Bonchev–Trinajstić information content (AvgIpc) is 3.25. The van der Waals surface area contributed by atoms with Gasteiger partial charge in [-0.1, -0.05) is 59.2 Å². The Morgan fingerprint density at radius 3 is 2.60 bits per heavy atom. The predicted molar refractivity (Wildman–Crippen MR) is 136 cm³/mol. The fourth-order valence-corrected chi connectivity index (χ4v) is 4.75. The number of hydrogen-bond acceptors (Lipinski definition) is 5. The van der Waals surface area contributed by atoms with Gasteiger partial charge in [-0.15, -0.1) is 10.2 Å². The largest absolute Gasteiger partial charge is 0.497 e. The van der Waals surface area contributed by atoms with Crippen LogP contribution in [0.5, 0.6) is 5.75 Å². The van der Waals surface area contributed by atoms with E-state index in [1.807, 2.05) is 28.8 Å². The monoisotopic (exact) mass is 530 g/mol. The summed E-state index contributed by atoms with van der Waals surface area (Å²) in [4.78, 5) is 12.5. The van der Waals surface area contributed by atoms with E-state index in [0.29, 0.717) is 38.0 Å². The summed E-state index contributed by atoms with van der Waals surface area (Å²) < 4.78 is 20.2.